The van der Waals surface area contributed by atoms with Crippen LogP contribution in [0.3, 0.4) is 0 Å². The molecule has 0 saturated carbocycles. The average molecular weight is 381 g/mol. The van der Waals surface area contributed by atoms with Crippen LogP contribution in [0, 0.1) is 12.3 Å². The van der Waals surface area contributed by atoms with Crippen molar-refractivity contribution in [3.63, 3.8) is 0 Å². The highest BCUT2D eigenvalue weighted by atomic mass is 79.9. The molecule has 128 valence electrons. The van der Waals surface area contributed by atoms with Crippen molar-refractivity contribution >= 4 is 28.0 Å². The van der Waals surface area contributed by atoms with E-state index in [1.54, 1.807) is 11.2 Å². The van der Waals surface area contributed by atoms with E-state index in [-0.39, 0.29) is 0 Å². The van der Waals surface area contributed by atoms with Crippen LogP contribution in [0.1, 0.15) is 45.4 Å². The first kappa shape index (κ1) is 21.5. The van der Waals surface area contributed by atoms with Crippen LogP contribution in [-0.2, 0) is 0 Å². The highest BCUT2D eigenvalue weighted by Crippen LogP contribution is 2.10. The summed E-state index contributed by atoms with van der Waals surface area (Å²) < 4.78 is 0.703. The fourth-order valence-electron chi connectivity index (χ4n) is 1.92. The van der Waals surface area contributed by atoms with Crippen molar-refractivity contribution in [1.29, 1.82) is 0 Å². The predicted octanol–water partition coefficient (Wildman–Crippen LogP) is 4.31. The zero-order valence-corrected chi connectivity index (χ0v) is 16.2. The van der Waals surface area contributed by atoms with Crippen molar-refractivity contribution in [3.05, 3.63) is 22.8 Å². The molecule has 0 aromatic carbocycles. The van der Waals surface area contributed by atoms with E-state index in [1.165, 1.54) is 32.1 Å². The summed E-state index contributed by atoms with van der Waals surface area (Å²) in [6, 6.07) is 0. The minimum absolute atomic E-state index is 0.328. The Morgan fingerprint density at radius 1 is 1.35 bits per heavy atom. The van der Waals surface area contributed by atoms with Gasteiger partial charge in [-0.15, -0.1) is 6.42 Å². The first-order valence-electron chi connectivity index (χ1n) is 8.03. The lowest BCUT2D eigenvalue weighted by atomic mass is 10.1. The third kappa shape index (κ3) is 11.7. The molecule has 0 aromatic rings. The Kier molecular flexibility index (Phi) is 13.1. The molecule has 23 heavy (non-hydrogen) atoms. The molecule has 0 amide bonds. The Morgan fingerprint density at radius 2 is 2.04 bits per heavy atom. The summed E-state index contributed by atoms with van der Waals surface area (Å²) in [6.07, 6.45) is 16.2. The molecule has 0 bridgehead atoms. The molecule has 0 fully saturated rings. The number of rotatable bonds is 11. The second-order valence-corrected chi connectivity index (χ2v) is 6.20. The number of nitrogens with one attached hydrogen (secondary N) is 1. The Labute approximate surface area is 150 Å². The Morgan fingerprint density at radius 3 is 2.61 bits per heavy atom. The number of unbranched alkanes of at least 4 members (excludes halogenated alkanes) is 4. The van der Waals surface area contributed by atoms with Crippen LogP contribution < -0.4 is 5.32 Å². The van der Waals surface area contributed by atoms with Crippen LogP contribution in [0.2, 0.25) is 0 Å². The van der Waals surface area contributed by atoms with Gasteiger partial charge in [-0.1, -0.05) is 45.1 Å². The summed E-state index contributed by atoms with van der Waals surface area (Å²) in [7, 11) is 3.77. The standard InChI is InChI=1S/C18H29BrN4/c1-6-8-9-10-11-12-17(20-4)14-18(21-13-7-2)23(5)22-15-16(3)19/h2,14-15,20H,3,6,8-13H2,1,4-5H3/b17-14?,21-18?,22-15-. The third-order valence-electron chi connectivity index (χ3n) is 3.21. The number of allylic oxidation sites excluding steroid dienone is 2. The van der Waals surface area contributed by atoms with Crippen LogP contribution >= 0.6 is 15.9 Å². The highest BCUT2D eigenvalue weighted by molar-refractivity contribution is 9.12. The molecule has 1 N–H and O–H groups in total. The molecular formula is C18H29BrN4. The predicted molar refractivity (Wildman–Crippen MR) is 106 cm³/mol. The van der Waals surface area contributed by atoms with Crippen LogP contribution in [0.15, 0.2) is 32.9 Å². The van der Waals surface area contributed by atoms with Crippen molar-refractivity contribution in [2.45, 2.75) is 45.4 Å². The molecule has 0 spiro atoms. The number of aliphatic imine (C=N–C) groups is 1. The Hall–Kier alpha value is -1.54. The maximum absolute atomic E-state index is 5.32. The molecule has 0 atom stereocenters. The van der Waals surface area contributed by atoms with Crippen LogP contribution in [0.4, 0.5) is 0 Å². The van der Waals surface area contributed by atoms with Gasteiger partial charge in [0, 0.05) is 30.4 Å². The van der Waals surface area contributed by atoms with E-state index in [1.807, 2.05) is 20.2 Å². The van der Waals surface area contributed by atoms with Gasteiger partial charge in [0.25, 0.3) is 0 Å². The van der Waals surface area contributed by atoms with E-state index in [9.17, 15) is 0 Å². The number of hydrogen-bond donors (Lipinski definition) is 1. The summed E-state index contributed by atoms with van der Waals surface area (Å²) in [6.45, 7) is 6.29. The smallest absolute Gasteiger partial charge is 0.146 e. The number of halogens is 1. The topological polar surface area (TPSA) is 40.0 Å². The summed E-state index contributed by atoms with van der Waals surface area (Å²) in [5, 5.41) is 9.21. The molecule has 4 nitrogen and oxygen atoms in total. The van der Waals surface area contributed by atoms with E-state index >= 15 is 0 Å². The van der Waals surface area contributed by atoms with Gasteiger partial charge in [0.1, 0.15) is 12.4 Å². The zero-order valence-electron chi connectivity index (χ0n) is 14.6. The van der Waals surface area contributed by atoms with Crippen molar-refractivity contribution in [2.75, 3.05) is 20.6 Å². The SMILES string of the molecule is C#CCN=C(C=C(CCCCCCC)NC)N(C)/N=C\C(=C)Br. The van der Waals surface area contributed by atoms with E-state index < -0.39 is 0 Å². The summed E-state index contributed by atoms with van der Waals surface area (Å²) in [5.41, 5.74) is 1.14. The monoisotopic (exact) mass is 380 g/mol. The summed E-state index contributed by atoms with van der Waals surface area (Å²) in [5.74, 6) is 3.26. The fourth-order valence-corrected chi connectivity index (χ4v) is 2.01. The molecule has 0 aliphatic carbocycles. The van der Waals surface area contributed by atoms with Gasteiger partial charge in [0.2, 0.25) is 0 Å². The zero-order chi connectivity index (χ0) is 17.5. The third-order valence-corrected chi connectivity index (χ3v) is 3.41. The molecule has 0 rings (SSSR count). The molecule has 0 heterocycles. The molecule has 0 aromatic heterocycles. The summed E-state index contributed by atoms with van der Waals surface area (Å²) in [4.78, 5) is 4.40. The minimum atomic E-state index is 0.328. The van der Waals surface area contributed by atoms with Gasteiger partial charge in [-0.25, -0.2) is 0 Å². The number of hydrogen-bond acceptors (Lipinski definition) is 3. The van der Waals surface area contributed by atoms with E-state index in [0.29, 0.717) is 11.0 Å². The molecular weight excluding hydrogens is 352 g/mol. The number of hydrazone groups is 1. The Balaban J connectivity index is 4.86. The van der Waals surface area contributed by atoms with Crippen LogP contribution in [0.5, 0.6) is 0 Å². The van der Waals surface area contributed by atoms with Gasteiger partial charge >= 0.3 is 0 Å². The lowest BCUT2D eigenvalue weighted by molar-refractivity contribution is 0.547. The van der Waals surface area contributed by atoms with Crippen molar-refractivity contribution in [1.82, 2.24) is 10.3 Å². The number of nitrogens with zero attached hydrogens (tertiary/aromatic N) is 3. The van der Waals surface area contributed by atoms with Crippen LogP contribution in [-0.4, -0.2) is 37.7 Å². The molecule has 0 saturated heterocycles. The van der Waals surface area contributed by atoms with Crippen molar-refractivity contribution in [3.8, 4) is 12.3 Å². The van der Waals surface area contributed by atoms with Gasteiger partial charge < -0.3 is 5.32 Å². The van der Waals surface area contributed by atoms with Gasteiger partial charge in [0.05, 0.1) is 6.21 Å². The van der Waals surface area contributed by atoms with Crippen molar-refractivity contribution < 1.29 is 0 Å². The van der Waals surface area contributed by atoms with Gasteiger partial charge in [-0.05, 0) is 28.8 Å². The first-order valence-corrected chi connectivity index (χ1v) is 8.82. The normalized spacial score (nSPS) is 12.3. The van der Waals surface area contributed by atoms with Gasteiger partial charge in [-0.2, -0.15) is 5.10 Å². The molecule has 0 radical (unpaired) electrons. The summed E-state index contributed by atoms with van der Waals surface area (Å²) >= 11 is 3.25. The second-order valence-electron chi connectivity index (χ2n) is 5.18. The van der Waals surface area contributed by atoms with Gasteiger partial charge in [-0.3, -0.25) is 10.0 Å². The average Bonchev–Trinajstić information content (AvgIpc) is 2.54. The molecule has 0 unspecified atom stereocenters. The van der Waals surface area contributed by atoms with E-state index in [4.69, 9.17) is 6.42 Å². The number of terminal acetylenes is 1. The lowest BCUT2D eigenvalue weighted by Gasteiger charge is -2.15. The molecule has 5 heteroatoms. The van der Waals surface area contributed by atoms with E-state index in [2.05, 4.69) is 50.8 Å². The minimum Gasteiger partial charge on any atom is -0.391 e. The second kappa shape index (κ2) is 14.1. The quantitative estimate of drug-likeness (QED) is 0.191. The largest absolute Gasteiger partial charge is 0.391 e. The fraction of sp³-hybridized carbons (Fsp3) is 0.556. The number of amidine groups is 1. The first-order chi connectivity index (χ1) is 11.0. The van der Waals surface area contributed by atoms with Gasteiger partial charge in [0.15, 0.2) is 0 Å². The number of likely N-dealkylation sites (N-methyl/N-ethyl adjacent to an activating group) is 1. The molecule has 0 aliphatic rings. The lowest BCUT2D eigenvalue weighted by Crippen LogP contribution is -2.22. The maximum Gasteiger partial charge on any atom is 0.146 e. The highest BCUT2D eigenvalue weighted by Gasteiger charge is 2.04. The van der Waals surface area contributed by atoms with Crippen molar-refractivity contribution in [2.24, 2.45) is 10.1 Å². The van der Waals surface area contributed by atoms with Crippen LogP contribution in [0.25, 0.3) is 0 Å². The Bertz CT molecular complexity index is 472. The van der Waals surface area contributed by atoms with E-state index in [0.717, 1.165) is 18.0 Å². The maximum atomic E-state index is 5.32. The molecule has 0 aliphatic heterocycles.